The zero-order chi connectivity index (χ0) is 16.1. The van der Waals surface area contributed by atoms with E-state index in [0.717, 1.165) is 43.9 Å². The second-order valence-corrected chi connectivity index (χ2v) is 5.94. The topological polar surface area (TPSA) is 47.5 Å². The lowest BCUT2D eigenvalue weighted by atomic mass is 10.1. The molecule has 1 aliphatic rings. The van der Waals surface area contributed by atoms with E-state index in [1.807, 2.05) is 19.1 Å². The zero-order valence-corrected chi connectivity index (χ0v) is 13.7. The minimum atomic E-state index is 0.234. The van der Waals surface area contributed by atoms with Crippen molar-refractivity contribution in [3.05, 3.63) is 47.9 Å². The quantitative estimate of drug-likeness (QED) is 0.849. The van der Waals surface area contributed by atoms with Crippen molar-refractivity contribution in [1.29, 1.82) is 0 Å². The van der Waals surface area contributed by atoms with E-state index in [-0.39, 0.29) is 6.10 Å². The van der Waals surface area contributed by atoms with Crippen LogP contribution in [0.4, 0.5) is 0 Å². The molecule has 0 bridgehead atoms. The molecule has 2 heterocycles. The molecule has 1 aromatic carbocycles. The Morgan fingerprint density at radius 1 is 1.13 bits per heavy atom. The van der Waals surface area contributed by atoms with Gasteiger partial charge in [-0.1, -0.05) is 12.1 Å². The van der Waals surface area contributed by atoms with E-state index in [1.165, 1.54) is 5.56 Å². The Balaban J connectivity index is 1.48. The highest BCUT2D eigenvalue weighted by Crippen LogP contribution is 2.19. The molecule has 122 valence electrons. The summed E-state index contributed by atoms with van der Waals surface area (Å²) < 4.78 is 11.1. The number of nitrogens with zero attached hydrogens (tertiary/aromatic N) is 3. The van der Waals surface area contributed by atoms with Crippen LogP contribution in [0, 0.1) is 6.92 Å². The largest absolute Gasteiger partial charge is 0.497 e. The maximum Gasteiger partial charge on any atom is 0.232 e. The number of hydrogen-bond acceptors (Lipinski definition) is 5. The molecule has 3 rings (SSSR count). The molecule has 0 saturated carbocycles. The summed E-state index contributed by atoms with van der Waals surface area (Å²) in [7, 11) is 1.69. The first-order valence-electron chi connectivity index (χ1n) is 8.03. The molecule has 1 aromatic heterocycles. The Morgan fingerprint density at radius 2 is 1.87 bits per heavy atom. The molecule has 1 saturated heterocycles. The second-order valence-electron chi connectivity index (χ2n) is 5.94. The third-order valence-electron chi connectivity index (χ3n) is 4.12. The van der Waals surface area contributed by atoms with Gasteiger partial charge in [-0.2, -0.15) is 0 Å². The molecular formula is C18H23N3O2. The summed E-state index contributed by atoms with van der Waals surface area (Å²) in [6, 6.07) is 8.29. The van der Waals surface area contributed by atoms with Crippen molar-refractivity contribution in [2.24, 2.45) is 0 Å². The summed E-state index contributed by atoms with van der Waals surface area (Å²) >= 11 is 0. The average Bonchev–Trinajstić information content (AvgIpc) is 2.57. The van der Waals surface area contributed by atoms with E-state index in [0.29, 0.717) is 5.88 Å². The molecule has 1 fully saturated rings. The molecule has 0 amide bonds. The fourth-order valence-corrected chi connectivity index (χ4v) is 2.84. The van der Waals surface area contributed by atoms with Crippen LogP contribution < -0.4 is 9.47 Å². The van der Waals surface area contributed by atoms with Gasteiger partial charge in [0.2, 0.25) is 5.88 Å². The fraction of sp³-hybridized carbons (Fsp3) is 0.444. The molecule has 0 N–H and O–H groups in total. The number of benzene rings is 1. The van der Waals surface area contributed by atoms with Gasteiger partial charge in [-0.25, -0.2) is 4.98 Å². The minimum absolute atomic E-state index is 0.234. The number of piperidine rings is 1. The van der Waals surface area contributed by atoms with Gasteiger partial charge in [0.15, 0.2) is 0 Å². The Bertz CT molecular complexity index is 622. The monoisotopic (exact) mass is 313 g/mol. The van der Waals surface area contributed by atoms with Crippen molar-refractivity contribution in [2.45, 2.75) is 32.4 Å². The van der Waals surface area contributed by atoms with Crippen molar-refractivity contribution in [1.82, 2.24) is 14.9 Å². The van der Waals surface area contributed by atoms with Gasteiger partial charge in [-0.3, -0.25) is 9.88 Å². The number of likely N-dealkylation sites (tertiary alicyclic amines) is 1. The van der Waals surface area contributed by atoms with Gasteiger partial charge in [0, 0.05) is 25.8 Å². The molecule has 0 atom stereocenters. The number of ether oxygens (including phenoxy) is 2. The standard InChI is InChI=1S/C18H23N3O2/c1-14-11-19-12-18(20-14)23-17-7-9-21(10-8-17)13-15-3-5-16(22-2)6-4-15/h3-6,11-12,17H,7-10,13H2,1-2H3. The highest BCUT2D eigenvalue weighted by atomic mass is 16.5. The van der Waals surface area contributed by atoms with E-state index in [1.54, 1.807) is 19.5 Å². The lowest BCUT2D eigenvalue weighted by molar-refractivity contribution is 0.0927. The highest BCUT2D eigenvalue weighted by Gasteiger charge is 2.21. The van der Waals surface area contributed by atoms with Crippen LogP contribution in [0.1, 0.15) is 24.1 Å². The van der Waals surface area contributed by atoms with Gasteiger partial charge >= 0.3 is 0 Å². The van der Waals surface area contributed by atoms with Crippen LogP contribution in [0.2, 0.25) is 0 Å². The Hall–Kier alpha value is -2.14. The van der Waals surface area contributed by atoms with Gasteiger partial charge in [0.25, 0.3) is 0 Å². The first kappa shape index (κ1) is 15.7. The van der Waals surface area contributed by atoms with Crippen LogP contribution in [0.25, 0.3) is 0 Å². The van der Waals surface area contributed by atoms with Crippen LogP contribution >= 0.6 is 0 Å². The smallest absolute Gasteiger partial charge is 0.232 e. The second kappa shape index (κ2) is 7.42. The van der Waals surface area contributed by atoms with Crippen LogP contribution in [-0.2, 0) is 6.54 Å². The molecule has 5 nitrogen and oxygen atoms in total. The van der Waals surface area contributed by atoms with Gasteiger partial charge in [-0.15, -0.1) is 0 Å². The van der Waals surface area contributed by atoms with Crippen molar-refractivity contribution >= 4 is 0 Å². The van der Waals surface area contributed by atoms with Gasteiger partial charge in [0.1, 0.15) is 11.9 Å². The average molecular weight is 313 g/mol. The van der Waals surface area contributed by atoms with Crippen LogP contribution in [0.15, 0.2) is 36.7 Å². The van der Waals surface area contributed by atoms with E-state index < -0.39 is 0 Å². The summed E-state index contributed by atoms with van der Waals surface area (Å²) in [4.78, 5) is 10.9. The molecule has 0 aliphatic carbocycles. The number of hydrogen-bond donors (Lipinski definition) is 0. The summed E-state index contributed by atoms with van der Waals surface area (Å²) in [5.74, 6) is 1.54. The van der Waals surface area contributed by atoms with Crippen LogP contribution in [0.3, 0.4) is 0 Å². The van der Waals surface area contributed by atoms with Crippen molar-refractivity contribution in [2.75, 3.05) is 20.2 Å². The van der Waals surface area contributed by atoms with E-state index in [9.17, 15) is 0 Å². The summed E-state index contributed by atoms with van der Waals surface area (Å²) in [6.07, 6.45) is 5.71. The number of methoxy groups -OCH3 is 1. The third-order valence-corrected chi connectivity index (χ3v) is 4.12. The van der Waals surface area contributed by atoms with Crippen LogP contribution in [-0.4, -0.2) is 41.2 Å². The maximum absolute atomic E-state index is 5.95. The van der Waals surface area contributed by atoms with Gasteiger partial charge in [-0.05, 0) is 37.5 Å². The molecule has 5 heteroatoms. The van der Waals surface area contributed by atoms with Gasteiger partial charge in [0.05, 0.1) is 19.0 Å². The van der Waals surface area contributed by atoms with Crippen molar-refractivity contribution in [3.8, 4) is 11.6 Å². The molecule has 0 radical (unpaired) electrons. The number of rotatable bonds is 5. The van der Waals surface area contributed by atoms with E-state index >= 15 is 0 Å². The van der Waals surface area contributed by atoms with Crippen LogP contribution in [0.5, 0.6) is 11.6 Å². The van der Waals surface area contributed by atoms with Crippen molar-refractivity contribution < 1.29 is 9.47 Å². The van der Waals surface area contributed by atoms with E-state index in [2.05, 4.69) is 27.0 Å². The lowest BCUT2D eigenvalue weighted by Crippen LogP contribution is -2.37. The first-order valence-corrected chi connectivity index (χ1v) is 8.03. The molecule has 1 aliphatic heterocycles. The molecule has 0 unspecified atom stereocenters. The molecular weight excluding hydrogens is 290 g/mol. The Labute approximate surface area is 137 Å². The first-order chi connectivity index (χ1) is 11.2. The van der Waals surface area contributed by atoms with Gasteiger partial charge < -0.3 is 9.47 Å². The lowest BCUT2D eigenvalue weighted by Gasteiger charge is -2.31. The number of aromatic nitrogens is 2. The zero-order valence-electron chi connectivity index (χ0n) is 13.7. The fourth-order valence-electron chi connectivity index (χ4n) is 2.84. The summed E-state index contributed by atoms with van der Waals surface area (Å²) in [6.45, 7) is 4.98. The minimum Gasteiger partial charge on any atom is -0.497 e. The maximum atomic E-state index is 5.95. The normalized spacial score (nSPS) is 16.3. The predicted octanol–water partition coefficient (Wildman–Crippen LogP) is 2.84. The summed E-state index contributed by atoms with van der Waals surface area (Å²) in [5.41, 5.74) is 2.20. The number of aryl methyl sites for hydroxylation is 1. The Kier molecular flexibility index (Phi) is 5.08. The SMILES string of the molecule is COc1ccc(CN2CCC(Oc3cncc(C)n3)CC2)cc1. The molecule has 23 heavy (non-hydrogen) atoms. The molecule has 0 spiro atoms. The Morgan fingerprint density at radius 3 is 2.52 bits per heavy atom. The highest BCUT2D eigenvalue weighted by molar-refractivity contribution is 5.27. The van der Waals surface area contributed by atoms with E-state index in [4.69, 9.17) is 9.47 Å². The molecule has 2 aromatic rings. The summed E-state index contributed by atoms with van der Waals surface area (Å²) in [5, 5.41) is 0. The van der Waals surface area contributed by atoms with Crippen molar-refractivity contribution in [3.63, 3.8) is 0 Å². The third kappa shape index (κ3) is 4.42. The predicted molar refractivity (Wildman–Crippen MR) is 88.7 cm³/mol.